The van der Waals surface area contributed by atoms with Crippen LogP contribution in [-0.2, 0) is 4.74 Å². The molecular formula is C11H10N2O2. The highest BCUT2D eigenvalue weighted by Crippen LogP contribution is 2.24. The third-order valence-corrected chi connectivity index (χ3v) is 2.06. The van der Waals surface area contributed by atoms with Crippen molar-refractivity contribution in [3.63, 3.8) is 0 Å². The highest BCUT2D eigenvalue weighted by molar-refractivity contribution is 5.95. The molecule has 1 amide bonds. The van der Waals surface area contributed by atoms with Crippen LogP contribution < -0.4 is 5.01 Å². The third kappa shape index (κ3) is 1.74. The van der Waals surface area contributed by atoms with Crippen molar-refractivity contribution in [2.45, 2.75) is 0 Å². The summed E-state index contributed by atoms with van der Waals surface area (Å²) in [5.41, 5.74) is 1.65. The maximum absolute atomic E-state index is 11.4. The van der Waals surface area contributed by atoms with Gasteiger partial charge in [0, 0.05) is 11.8 Å². The van der Waals surface area contributed by atoms with Crippen LogP contribution >= 0.6 is 0 Å². The van der Waals surface area contributed by atoms with Crippen molar-refractivity contribution >= 4 is 24.1 Å². The summed E-state index contributed by atoms with van der Waals surface area (Å²) in [4.78, 5) is 11.4. The normalized spacial score (nSPS) is 13.3. The lowest BCUT2D eigenvalue weighted by molar-refractivity contribution is 0.179. The molecule has 2 rings (SSSR count). The first-order chi connectivity index (χ1) is 7.33. The number of amides is 1. The topological polar surface area (TPSA) is 41.9 Å². The van der Waals surface area contributed by atoms with Gasteiger partial charge in [-0.3, -0.25) is 0 Å². The Balaban J connectivity index is 2.48. The first-order valence-electron chi connectivity index (χ1n) is 4.50. The Morgan fingerprint density at radius 3 is 3.00 bits per heavy atom. The summed E-state index contributed by atoms with van der Waals surface area (Å²) >= 11 is 0. The fourth-order valence-corrected chi connectivity index (χ4v) is 1.37. The number of hydrogen-bond acceptors (Lipinski definition) is 3. The van der Waals surface area contributed by atoms with E-state index in [0.29, 0.717) is 5.69 Å². The van der Waals surface area contributed by atoms with E-state index in [1.54, 1.807) is 12.3 Å². The van der Waals surface area contributed by atoms with E-state index in [1.165, 1.54) is 12.1 Å². The summed E-state index contributed by atoms with van der Waals surface area (Å²) in [6.07, 6.45) is 4.72. The van der Waals surface area contributed by atoms with Crippen LogP contribution in [0.5, 0.6) is 0 Å². The van der Waals surface area contributed by atoms with E-state index in [-0.39, 0.29) is 0 Å². The highest BCUT2D eigenvalue weighted by Gasteiger charge is 2.17. The number of allylic oxidation sites excluding steroid dienone is 1. The van der Waals surface area contributed by atoms with Crippen molar-refractivity contribution in [2.24, 2.45) is 5.10 Å². The van der Waals surface area contributed by atoms with Crippen molar-refractivity contribution in [2.75, 3.05) is 12.1 Å². The van der Waals surface area contributed by atoms with Crippen LogP contribution in [0.15, 0.2) is 35.4 Å². The van der Waals surface area contributed by atoms with Gasteiger partial charge in [-0.2, -0.15) is 10.1 Å². The van der Waals surface area contributed by atoms with E-state index < -0.39 is 6.09 Å². The molecule has 1 aromatic rings. The van der Waals surface area contributed by atoms with Gasteiger partial charge in [-0.1, -0.05) is 24.3 Å². The lowest BCUT2D eigenvalue weighted by Gasteiger charge is -2.16. The molecule has 1 aliphatic rings. The van der Waals surface area contributed by atoms with Crippen LogP contribution in [0, 0.1) is 0 Å². The first-order valence-corrected chi connectivity index (χ1v) is 4.50. The molecule has 0 unspecified atom stereocenters. The van der Waals surface area contributed by atoms with Crippen molar-refractivity contribution in [3.05, 3.63) is 35.9 Å². The van der Waals surface area contributed by atoms with Crippen LogP contribution in [0.3, 0.4) is 0 Å². The van der Waals surface area contributed by atoms with E-state index >= 15 is 0 Å². The quantitative estimate of drug-likeness (QED) is 0.647. The summed E-state index contributed by atoms with van der Waals surface area (Å²) in [6, 6.07) is 7.49. The molecule has 4 nitrogen and oxygen atoms in total. The average molecular weight is 202 g/mol. The molecule has 0 spiro atoms. The Hall–Kier alpha value is -2.10. The Labute approximate surface area is 87.5 Å². The number of para-hydroxylation sites is 1. The lowest BCUT2D eigenvalue weighted by Crippen LogP contribution is -2.25. The van der Waals surface area contributed by atoms with Crippen molar-refractivity contribution in [3.8, 4) is 0 Å². The number of ether oxygens (including phenoxy) is 1. The molecule has 1 aliphatic heterocycles. The Morgan fingerprint density at radius 2 is 2.20 bits per heavy atom. The van der Waals surface area contributed by atoms with Crippen LogP contribution in [0.1, 0.15) is 5.56 Å². The van der Waals surface area contributed by atoms with Crippen LogP contribution in [-0.4, -0.2) is 19.4 Å². The molecule has 4 heteroatoms. The second-order valence-electron chi connectivity index (χ2n) is 2.96. The highest BCUT2D eigenvalue weighted by atomic mass is 16.5. The number of hydrazone groups is 1. The largest absolute Gasteiger partial charge is 0.451 e. The number of fused-ring (bicyclic) bond motifs is 1. The second-order valence-corrected chi connectivity index (χ2v) is 2.96. The van der Waals surface area contributed by atoms with Crippen LogP contribution in [0.25, 0.3) is 6.08 Å². The molecule has 0 saturated heterocycles. The van der Waals surface area contributed by atoms with Crippen LogP contribution in [0.2, 0.25) is 0 Å². The summed E-state index contributed by atoms with van der Waals surface area (Å²) in [5.74, 6) is 0. The number of nitrogens with zero attached hydrogens (tertiary/aromatic N) is 2. The number of carbonyl (C=O) groups excluding carboxylic acids is 1. The minimum absolute atomic E-state index is 0.498. The van der Waals surface area contributed by atoms with Gasteiger partial charge < -0.3 is 4.74 Å². The van der Waals surface area contributed by atoms with Gasteiger partial charge in [0.25, 0.3) is 0 Å². The molecule has 0 saturated carbocycles. The monoisotopic (exact) mass is 202 g/mol. The van der Waals surface area contributed by atoms with E-state index in [0.717, 1.165) is 5.56 Å². The number of benzene rings is 1. The Morgan fingerprint density at radius 1 is 1.40 bits per heavy atom. The maximum atomic E-state index is 11.4. The van der Waals surface area contributed by atoms with Gasteiger partial charge in [0.1, 0.15) is 0 Å². The van der Waals surface area contributed by atoms with E-state index in [2.05, 4.69) is 9.84 Å². The molecule has 1 heterocycles. The van der Waals surface area contributed by atoms with Gasteiger partial charge in [0.15, 0.2) is 0 Å². The van der Waals surface area contributed by atoms with E-state index in [4.69, 9.17) is 0 Å². The smallest absolute Gasteiger partial charge is 0.434 e. The van der Waals surface area contributed by atoms with Gasteiger partial charge in [-0.25, -0.2) is 4.79 Å². The Kier molecular flexibility index (Phi) is 2.49. The molecule has 1 aromatic carbocycles. The van der Waals surface area contributed by atoms with Crippen molar-refractivity contribution < 1.29 is 9.53 Å². The third-order valence-electron chi connectivity index (χ3n) is 2.06. The number of carbonyl (C=O) groups is 1. The molecule has 15 heavy (non-hydrogen) atoms. The standard InChI is InChI=1S/C11H10N2O2/c1-15-11(14)13-10-7-3-2-5-9(10)6-4-8-12-13/h2-8H,1H3. The predicted octanol–water partition coefficient (Wildman–Crippen LogP) is 2.27. The molecule has 0 aromatic heterocycles. The first kappa shape index (κ1) is 9.45. The number of anilines is 1. The number of hydrogen-bond donors (Lipinski definition) is 0. The second kappa shape index (κ2) is 3.96. The molecule has 0 radical (unpaired) electrons. The summed E-state index contributed by atoms with van der Waals surface area (Å²) in [7, 11) is 1.33. The van der Waals surface area contributed by atoms with E-state index in [9.17, 15) is 4.79 Å². The minimum atomic E-state index is -0.498. The van der Waals surface area contributed by atoms with E-state index in [1.807, 2.05) is 30.3 Å². The SMILES string of the molecule is COC(=O)N1N=CC=Cc2ccccc21. The summed E-state index contributed by atoms with van der Waals surface area (Å²) in [5, 5.41) is 5.21. The molecule has 0 bridgehead atoms. The summed E-state index contributed by atoms with van der Waals surface area (Å²) in [6.45, 7) is 0. The number of rotatable bonds is 0. The molecule has 0 atom stereocenters. The summed E-state index contributed by atoms with van der Waals surface area (Å²) < 4.78 is 4.65. The molecule has 0 aliphatic carbocycles. The van der Waals surface area contributed by atoms with Crippen LogP contribution in [0.4, 0.5) is 10.5 Å². The zero-order valence-electron chi connectivity index (χ0n) is 8.25. The van der Waals surface area contributed by atoms with Crippen molar-refractivity contribution in [1.29, 1.82) is 0 Å². The fraction of sp³-hybridized carbons (Fsp3) is 0.0909. The molecule has 0 N–H and O–H groups in total. The Bertz CT molecular complexity index is 438. The van der Waals surface area contributed by atoms with Gasteiger partial charge in [-0.05, 0) is 12.1 Å². The number of methoxy groups -OCH3 is 1. The minimum Gasteiger partial charge on any atom is -0.451 e. The molecular weight excluding hydrogens is 192 g/mol. The fourth-order valence-electron chi connectivity index (χ4n) is 1.37. The van der Waals surface area contributed by atoms with Crippen molar-refractivity contribution in [1.82, 2.24) is 0 Å². The zero-order valence-corrected chi connectivity index (χ0v) is 8.25. The van der Waals surface area contributed by atoms with Gasteiger partial charge >= 0.3 is 6.09 Å². The average Bonchev–Trinajstić information content (AvgIpc) is 2.50. The van der Waals surface area contributed by atoms with Gasteiger partial charge in [0.2, 0.25) is 0 Å². The predicted molar refractivity (Wildman–Crippen MR) is 58.9 cm³/mol. The molecule has 76 valence electrons. The van der Waals surface area contributed by atoms with Gasteiger partial charge in [-0.15, -0.1) is 0 Å². The maximum Gasteiger partial charge on any atom is 0.434 e. The zero-order chi connectivity index (χ0) is 10.7. The van der Waals surface area contributed by atoms with Gasteiger partial charge in [0.05, 0.1) is 12.8 Å². The molecule has 0 fully saturated rings. The lowest BCUT2D eigenvalue weighted by atomic mass is 10.1.